The molecule has 0 aromatic carbocycles. The number of rotatable bonds is 3. The van der Waals surface area contributed by atoms with Crippen LogP contribution in [0.5, 0.6) is 0 Å². The molecule has 0 amide bonds. The van der Waals surface area contributed by atoms with Gasteiger partial charge in [0.25, 0.3) is 0 Å². The Morgan fingerprint density at radius 3 is 2.67 bits per heavy atom. The number of nitrogens with two attached hydrogens (primary N) is 1. The zero-order valence-corrected chi connectivity index (χ0v) is 10.1. The fourth-order valence-electron chi connectivity index (χ4n) is 2.22. The van der Waals surface area contributed by atoms with Gasteiger partial charge in [-0.15, -0.1) is 0 Å². The van der Waals surface area contributed by atoms with Crippen LogP contribution in [0.25, 0.3) is 0 Å². The van der Waals surface area contributed by atoms with Crippen molar-refractivity contribution < 1.29 is 9.53 Å². The molecular formula is C11H22N2O2. The highest BCUT2D eigenvalue weighted by molar-refractivity contribution is 5.73. The molecule has 4 nitrogen and oxygen atoms in total. The molecule has 0 bridgehead atoms. The van der Waals surface area contributed by atoms with Gasteiger partial charge in [0.2, 0.25) is 0 Å². The second-order valence-electron chi connectivity index (χ2n) is 5.12. The number of esters is 1. The van der Waals surface area contributed by atoms with Gasteiger partial charge in [-0.05, 0) is 33.7 Å². The van der Waals surface area contributed by atoms with E-state index in [-0.39, 0.29) is 23.5 Å². The molecule has 1 heterocycles. The van der Waals surface area contributed by atoms with Crippen LogP contribution in [-0.2, 0) is 9.53 Å². The predicted octanol–water partition coefficient (Wildman–Crippen LogP) is 0.607. The maximum Gasteiger partial charge on any atom is 0.310 e. The molecule has 1 rings (SSSR count). The van der Waals surface area contributed by atoms with Crippen LogP contribution in [0.3, 0.4) is 0 Å². The molecule has 0 aliphatic carbocycles. The zero-order chi connectivity index (χ0) is 11.6. The lowest BCUT2D eigenvalue weighted by Gasteiger charge is -2.30. The first-order valence-electron chi connectivity index (χ1n) is 5.46. The summed E-state index contributed by atoms with van der Waals surface area (Å²) >= 11 is 0. The average Bonchev–Trinajstić information content (AvgIpc) is 2.45. The van der Waals surface area contributed by atoms with Gasteiger partial charge in [-0.1, -0.05) is 0 Å². The average molecular weight is 214 g/mol. The van der Waals surface area contributed by atoms with E-state index < -0.39 is 0 Å². The topological polar surface area (TPSA) is 55.6 Å². The van der Waals surface area contributed by atoms with Crippen LogP contribution in [0.15, 0.2) is 0 Å². The monoisotopic (exact) mass is 214 g/mol. The Hall–Kier alpha value is -0.610. The minimum Gasteiger partial charge on any atom is -0.469 e. The lowest BCUT2D eigenvalue weighted by atomic mass is 10.0. The SMILES string of the molecule is COC(=O)C1CCN(CC(C)(C)N)C1C. The van der Waals surface area contributed by atoms with Gasteiger partial charge in [0.1, 0.15) is 0 Å². The Labute approximate surface area is 91.8 Å². The number of carbonyl (C=O) groups excluding carboxylic acids is 1. The van der Waals surface area contributed by atoms with Gasteiger partial charge in [-0.25, -0.2) is 0 Å². The van der Waals surface area contributed by atoms with E-state index in [0.29, 0.717) is 0 Å². The van der Waals surface area contributed by atoms with Crippen LogP contribution in [0.4, 0.5) is 0 Å². The van der Waals surface area contributed by atoms with E-state index in [9.17, 15) is 4.79 Å². The van der Waals surface area contributed by atoms with Crippen LogP contribution in [0, 0.1) is 5.92 Å². The number of methoxy groups -OCH3 is 1. The molecule has 1 aliphatic heterocycles. The summed E-state index contributed by atoms with van der Waals surface area (Å²) in [6, 6.07) is 0.236. The second kappa shape index (κ2) is 4.49. The molecule has 88 valence electrons. The van der Waals surface area contributed by atoms with E-state index in [1.165, 1.54) is 7.11 Å². The van der Waals surface area contributed by atoms with Gasteiger partial charge in [0.15, 0.2) is 0 Å². The third-order valence-corrected chi connectivity index (χ3v) is 3.00. The summed E-state index contributed by atoms with van der Waals surface area (Å²) in [7, 11) is 1.45. The highest BCUT2D eigenvalue weighted by Crippen LogP contribution is 2.26. The van der Waals surface area contributed by atoms with Crippen molar-refractivity contribution in [1.82, 2.24) is 4.90 Å². The third-order valence-electron chi connectivity index (χ3n) is 3.00. The number of hydrogen-bond donors (Lipinski definition) is 1. The lowest BCUT2D eigenvalue weighted by molar-refractivity contribution is -0.146. The number of carbonyl (C=O) groups is 1. The summed E-state index contributed by atoms with van der Waals surface area (Å²) < 4.78 is 4.79. The molecule has 2 N–H and O–H groups in total. The van der Waals surface area contributed by atoms with Gasteiger partial charge in [-0.2, -0.15) is 0 Å². The van der Waals surface area contributed by atoms with Crippen LogP contribution >= 0.6 is 0 Å². The first-order valence-corrected chi connectivity index (χ1v) is 5.46. The fourth-order valence-corrected chi connectivity index (χ4v) is 2.22. The summed E-state index contributed by atoms with van der Waals surface area (Å²) in [6.45, 7) is 7.83. The molecule has 4 heteroatoms. The summed E-state index contributed by atoms with van der Waals surface area (Å²) in [4.78, 5) is 13.7. The molecule has 0 saturated carbocycles. The Morgan fingerprint density at radius 2 is 2.20 bits per heavy atom. The smallest absolute Gasteiger partial charge is 0.310 e. The van der Waals surface area contributed by atoms with Crippen molar-refractivity contribution in [1.29, 1.82) is 0 Å². The molecular weight excluding hydrogens is 192 g/mol. The second-order valence-corrected chi connectivity index (χ2v) is 5.12. The van der Waals surface area contributed by atoms with Crippen molar-refractivity contribution in [2.24, 2.45) is 11.7 Å². The van der Waals surface area contributed by atoms with Crippen molar-refractivity contribution >= 4 is 5.97 Å². The summed E-state index contributed by atoms with van der Waals surface area (Å²) in [5, 5.41) is 0. The Kier molecular flexibility index (Phi) is 3.73. The molecule has 0 aromatic rings. The highest BCUT2D eigenvalue weighted by Gasteiger charge is 2.37. The van der Waals surface area contributed by atoms with E-state index in [1.54, 1.807) is 0 Å². The number of nitrogens with zero attached hydrogens (tertiary/aromatic N) is 1. The first kappa shape index (κ1) is 12.5. The zero-order valence-electron chi connectivity index (χ0n) is 10.1. The van der Waals surface area contributed by atoms with E-state index in [0.717, 1.165) is 19.5 Å². The van der Waals surface area contributed by atoms with Gasteiger partial charge in [0, 0.05) is 18.1 Å². The number of hydrogen-bond acceptors (Lipinski definition) is 4. The lowest BCUT2D eigenvalue weighted by Crippen LogP contribution is -2.47. The van der Waals surface area contributed by atoms with Crippen LogP contribution < -0.4 is 5.73 Å². The van der Waals surface area contributed by atoms with Crippen molar-refractivity contribution in [2.45, 2.75) is 38.8 Å². The largest absolute Gasteiger partial charge is 0.469 e. The molecule has 15 heavy (non-hydrogen) atoms. The number of ether oxygens (including phenoxy) is 1. The first-order chi connectivity index (χ1) is 6.85. The van der Waals surface area contributed by atoms with Gasteiger partial charge in [0.05, 0.1) is 13.0 Å². The molecule has 2 unspecified atom stereocenters. The molecule has 0 aromatic heterocycles. The van der Waals surface area contributed by atoms with Crippen LogP contribution in [0.1, 0.15) is 27.2 Å². The van der Waals surface area contributed by atoms with Crippen LogP contribution in [-0.4, -0.2) is 42.6 Å². The van der Waals surface area contributed by atoms with E-state index in [2.05, 4.69) is 11.8 Å². The van der Waals surface area contributed by atoms with Gasteiger partial charge in [-0.3, -0.25) is 9.69 Å². The molecule has 1 saturated heterocycles. The van der Waals surface area contributed by atoms with Crippen LogP contribution in [0.2, 0.25) is 0 Å². The molecule has 2 atom stereocenters. The minimum absolute atomic E-state index is 0.0114. The van der Waals surface area contributed by atoms with Gasteiger partial charge >= 0.3 is 5.97 Å². The normalized spacial score (nSPS) is 28.1. The molecule has 0 spiro atoms. The fraction of sp³-hybridized carbons (Fsp3) is 0.909. The third kappa shape index (κ3) is 3.18. The van der Waals surface area contributed by atoms with Crippen molar-refractivity contribution in [3.05, 3.63) is 0 Å². The van der Waals surface area contributed by atoms with Gasteiger partial charge < -0.3 is 10.5 Å². The minimum atomic E-state index is -0.209. The maximum atomic E-state index is 11.5. The van der Waals surface area contributed by atoms with Crippen molar-refractivity contribution in [3.8, 4) is 0 Å². The Morgan fingerprint density at radius 1 is 1.60 bits per heavy atom. The quantitative estimate of drug-likeness (QED) is 0.699. The standard InChI is InChI=1S/C11H22N2O2/c1-8-9(10(14)15-4)5-6-13(8)7-11(2,3)12/h8-9H,5-7,12H2,1-4H3. The highest BCUT2D eigenvalue weighted by atomic mass is 16.5. The molecule has 0 radical (unpaired) electrons. The van der Waals surface area contributed by atoms with E-state index >= 15 is 0 Å². The summed E-state index contributed by atoms with van der Waals surface area (Å²) in [5.41, 5.74) is 5.76. The summed E-state index contributed by atoms with van der Waals surface area (Å²) in [6.07, 6.45) is 0.879. The Balaban J connectivity index is 2.56. The predicted molar refractivity (Wildman–Crippen MR) is 59.4 cm³/mol. The molecule has 1 aliphatic rings. The van der Waals surface area contributed by atoms with Crippen molar-refractivity contribution in [2.75, 3.05) is 20.2 Å². The summed E-state index contributed by atoms with van der Waals surface area (Å²) in [5.74, 6) is -0.0859. The van der Waals surface area contributed by atoms with E-state index in [4.69, 9.17) is 10.5 Å². The molecule has 1 fully saturated rings. The Bertz CT molecular complexity index is 235. The number of likely N-dealkylation sites (tertiary alicyclic amines) is 1. The maximum absolute atomic E-state index is 11.5. The van der Waals surface area contributed by atoms with Crippen molar-refractivity contribution in [3.63, 3.8) is 0 Å². The van der Waals surface area contributed by atoms with E-state index in [1.807, 2.05) is 13.8 Å².